The average Bonchev–Trinajstić information content (AvgIpc) is 3.34. The van der Waals surface area contributed by atoms with Crippen LogP contribution in [0.2, 0.25) is 0 Å². The molecule has 138 valence electrons. The van der Waals surface area contributed by atoms with Crippen LogP contribution in [0.1, 0.15) is 17.6 Å². The second kappa shape index (κ2) is 7.63. The van der Waals surface area contributed by atoms with Gasteiger partial charge in [-0.15, -0.1) is 11.3 Å². The molecular formula is C18H19NO5S2. The molecule has 0 radical (unpaired) electrons. The Labute approximate surface area is 156 Å². The number of para-hydroxylation sites is 1. The van der Waals surface area contributed by atoms with Crippen molar-refractivity contribution in [1.29, 1.82) is 0 Å². The normalized spacial score (nSPS) is 14.1. The monoisotopic (exact) mass is 393 g/mol. The van der Waals surface area contributed by atoms with Gasteiger partial charge >= 0.3 is 0 Å². The summed E-state index contributed by atoms with van der Waals surface area (Å²) in [5.41, 5.74) is -1.61. The highest BCUT2D eigenvalue weighted by Gasteiger charge is 2.37. The highest BCUT2D eigenvalue weighted by Crippen LogP contribution is 2.33. The van der Waals surface area contributed by atoms with Crippen molar-refractivity contribution in [2.75, 3.05) is 13.2 Å². The number of thiophene rings is 1. The molecule has 26 heavy (non-hydrogen) atoms. The molecule has 0 bridgehead atoms. The van der Waals surface area contributed by atoms with Gasteiger partial charge in [-0.2, -0.15) is 0 Å². The molecule has 0 amide bonds. The van der Waals surface area contributed by atoms with Gasteiger partial charge in [-0.05, 0) is 42.6 Å². The maximum Gasteiger partial charge on any atom is 0.244 e. The van der Waals surface area contributed by atoms with E-state index >= 15 is 0 Å². The van der Waals surface area contributed by atoms with Crippen LogP contribution < -0.4 is 9.46 Å². The van der Waals surface area contributed by atoms with E-state index in [9.17, 15) is 13.5 Å². The zero-order chi connectivity index (χ0) is 18.6. The zero-order valence-corrected chi connectivity index (χ0v) is 15.7. The minimum absolute atomic E-state index is 0.0230. The number of sulfonamides is 1. The molecule has 3 rings (SSSR count). The van der Waals surface area contributed by atoms with Gasteiger partial charge in [0.15, 0.2) is 5.60 Å². The van der Waals surface area contributed by atoms with Gasteiger partial charge in [0.1, 0.15) is 16.4 Å². The Morgan fingerprint density at radius 1 is 1.19 bits per heavy atom. The number of aliphatic hydroxyl groups is 1. The Morgan fingerprint density at radius 3 is 2.65 bits per heavy atom. The maximum atomic E-state index is 12.8. The summed E-state index contributed by atoms with van der Waals surface area (Å²) < 4.78 is 38.8. The molecule has 0 aliphatic heterocycles. The first kappa shape index (κ1) is 18.7. The summed E-state index contributed by atoms with van der Waals surface area (Å²) in [7, 11) is -3.90. The summed E-state index contributed by atoms with van der Waals surface area (Å²) in [6.07, 6.45) is 1.44. The summed E-state index contributed by atoms with van der Waals surface area (Å²) in [6.45, 7) is 1.85. The first-order chi connectivity index (χ1) is 12.5. The number of rotatable bonds is 8. The summed E-state index contributed by atoms with van der Waals surface area (Å²) in [6, 6.07) is 13.2. The first-order valence-electron chi connectivity index (χ1n) is 7.99. The molecule has 1 unspecified atom stereocenters. The van der Waals surface area contributed by atoms with Gasteiger partial charge in [0, 0.05) is 4.88 Å². The van der Waals surface area contributed by atoms with Crippen molar-refractivity contribution in [1.82, 2.24) is 4.72 Å². The fourth-order valence-corrected chi connectivity index (χ4v) is 4.58. The lowest BCUT2D eigenvalue weighted by Gasteiger charge is -2.25. The smallest absolute Gasteiger partial charge is 0.244 e. The number of nitrogens with one attached hydrogen (secondary N) is 1. The van der Waals surface area contributed by atoms with Crippen LogP contribution in [0.4, 0.5) is 0 Å². The number of furan rings is 1. The molecule has 0 fully saturated rings. The summed E-state index contributed by atoms with van der Waals surface area (Å²) in [5.74, 6) is 0.529. The van der Waals surface area contributed by atoms with E-state index in [4.69, 9.17) is 9.15 Å². The number of hydrogen-bond donors (Lipinski definition) is 2. The maximum absolute atomic E-state index is 12.8. The molecule has 0 aliphatic rings. The number of ether oxygens (including phenoxy) is 1. The van der Waals surface area contributed by atoms with Crippen molar-refractivity contribution in [3.8, 4) is 5.75 Å². The van der Waals surface area contributed by atoms with Crippen LogP contribution >= 0.6 is 11.3 Å². The van der Waals surface area contributed by atoms with Crippen molar-refractivity contribution >= 4 is 21.4 Å². The topological polar surface area (TPSA) is 88.8 Å². The summed E-state index contributed by atoms with van der Waals surface area (Å²) >= 11 is 1.32. The van der Waals surface area contributed by atoms with Gasteiger partial charge in [0.2, 0.25) is 10.0 Å². The molecule has 0 saturated carbocycles. The van der Waals surface area contributed by atoms with E-state index in [-0.39, 0.29) is 22.9 Å². The molecule has 6 nitrogen and oxygen atoms in total. The van der Waals surface area contributed by atoms with Gasteiger partial charge in [0.25, 0.3) is 0 Å². The Hall–Kier alpha value is -2.13. The molecule has 2 N–H and O–H groups in total. The van der Waals surface area contributed by atoms with Gasteiger partial charge in [-0.3, -0.25) is 0 Å². The van der Waals surface area contributed by atoms with E-state index < -0.39 is 15.6 Å². The fourth-order valence-electron chi connectivity index (χ4n) is 2.55. The van der Waals surface area contributed by atoms with Gasteiger partial charge < -0.3 is 14.3 Å². The molecule has 2 heterocycles. The lowest BCUT2D eigenvalue weighted by molar-refractivity contribution is 0.0655. The largest absolute Gasteiger partial charge is 0.492 e. The summed E-state index contributed by atoms with van der Waals surface area (Å²) in [4.78, 5) is 0.600. The Morgan fingerprint density at radius 2 is 2.00 bits per heavy atom. The van der Waals surface area contributed by atoms with E-state index in [1.807, 2.05) is 5.38 Å². The highest BCUT2D eigenvalue weighted by molar-refractivity contribution is 7.89. The Bertz CT molecular complexity index is 900. The van der Waals surface area contributed by atoms with Gasteiger partial charge in [0.05, 0.1) is 19.4 Å². The van der Waals surface area contributed by atoms with E-state index in [0.29, 0.717) is 11.5 Å². The molecule has 0 spiro atoms. The molecule has 2 aromatic heterocycles. The third-order valence-corrected chi connectivity index (χ3v) is 6.28. The molecule has 0 saturated heterocycles. The van der Waals surface area contributed by atoms with Crippen LogP contribution in [0.15, 0.2) is 69.5 Å². The predicted octanol–water partition coefficient (Wildman–Crippen LogP) is 2.95. The SMILES string of the molecule is CCOc1ccccc1S(=O)(=O)NCC(O)(c1ccco1)c1cccs1. The van der Waals surface area contributed by atoms with Crippen molar-refractivity contribution < 1.29 is 22.7 Å². The summed E-state index contributed by atoms with van der Waals surface area (Å²) in [5, 5.41) is 13.0. The van der Waals surface area contributed by atoms with Crippen LogP contribution in [-0.4, -0.2) is 26.7 Å². The molecule has 1 atom stereocenters. The predicted molar refractivity (Wildman–Crippen MR) is 98.8 cm³/mol. The van der Waals surface area contributed by atoms with Gasteiger partial charge in [-0.25, -0.2) is 13.1 Å². The van der Waals surface area contributed by atoms with Crippen molar-refractivity contribution in [3.63, 3.8) is 0 Å². The van der Waals surface area contributed by atoms with Crippen LogP contribution in [0, 0.1) is 0 Å². The molecule has 1 aromatic carbocycles. The molecule has 3 aromatic rings. The van der Waals surface area contributed by atoms with Crippen molar-refractivity contribution in [3.05, 3.63) is 70.8 Å². The van der Waals surface area contributed by atoms with Crippen LogP contribution in [-0.2, 0) is 15.6 Å². The Kier molecular flexibility index (Phi) is 5.47. The lowest BCUT2D eigenvalue weighted by atomic mass is 9.99. The third kappa shape index (κ3) is 3.68. The molecule has 0 aliphatic carbocycles. The van der Waals surface area contributed by atoms with Crippen LogP contribution in [0.3, 0.4) is 0 Å². The van der Waals surface area contributed by atoms with Gasteiger partial charge in [-0.1, -0.05) is 18.2 Å². The van der Waals surface area contributed by atoms with E-state index in [1.54, 1.807) is 49.4 Å². The van der Waals surface area contributed by atoms with E-state index in [0.717, 1.165) is 0 Å². The fraction of sp³-hybridized carbons (Fsp3) is 0.222. The van der Waals surface area contributed by atoms with Crippen LogP contribution in [0.5, 0.6) is 5.75 Å². The quantitative estimate of drug-likeness (QED) is 0.614. The zero-order valence-electron chi connectivity index (χ0n) is 14.1. The standard InChI is InChI=1S/C18H19NO5S2/c1-2-23-14-7-3-4-8-15(14)26(21,22)19-13-18(20,16-9-5-11-24-16)17-10-6-12-25-17/h3-12,19-20H,2,13H2,1H3. The molecule has 8 heteroatoms. The van der Waals surface area contributed by atoms with Crippen molar-refractivity contribution in [2.45, 2.75) is 17.4 Å². The highest BCUT2D eigenvalue weighted by atomic mass is 32.2. The Balaban J connectivity index is 1.90. The lowest BCUT2D eigenvalue weighted by Crippen LogP contribution is -2.41. The minimum Gasteiger partial charge on any atom is -0.492 e. The second-order valence-electron chi connectivity index (χ2n) is 5.52. The third-order valence-electron chi connectivity index (χ3n) is 3.81. The van der Waals surface area contributed by atoms with E-state index in [2.05, 4.69) is 4.72 Å². The number of hydrogen-bond acceptors (Lipinski definition) is 6. The molecular weight excluding hydrogens is 374 g/mol. The first-order valence-corrected chi connectivity index (χ1v) is 10.4. The van der Waals surface area contributed by atoms with Crippen molar-refractivity contribution in [2.24, 2.45) is 0 Å². The number of benzene rings is 1. The van der Waals surface area contributed by atoms with Crippen LogP contribution in [0.25, 0.3) is 0 Å². The van der Waals surface area contributed by atoms with E-state index in [1.165, 1.54) is 23.7 Å². The minimum atomic E-state index is -3.90. The second-order valence-corrected chi connectivity index (χ2v) is 8.20. The average molecular weight is 393 g/mol.